The molecule has 0 spiro atoms. The third-order valence-electron chi connectivity index (χ3n) is 7.75. The molecule has 0 radical (unpaired) electrons. The molecule has 9 nitrogen and oxygen atoms in total. The third-order valence-corrected chi connectivity index (χ3v) is 7.75. The molecule has 5 rings (SSSR count). The van der Waals surface area contributed by atoms with Gasteiger partial charge < -0.3 is 31.1 Å². The predicted octanol–water partition coefficient (Wildman–Crippen LogP) is 2.44. The van der Waals surface area contributed by atoms with Crippen molar-refractivity contribution in [2.75, 3.05) is 19.0 Å². The minimum atomic E-state index is -2.67. The van der Waals surface area contributed by atoms with E-state index in [0.29, 0.717) is 11.3 Å². The van der Waals surface area contributed by atoms with Crippen LogP contribution in [-0.4, -0.2) is 57.6 Å². The molecule has 0 bridgehead atoms. The van der Waals surface area contributed by atoms with Gasteiger partial charge in [-0.3, -0.25) is 14.4 Å². The Balaban J connectivity index is 1.75. The number of carbonyl (C=O) groups is 3. The van der Waals surface area contributed by atoms with Crippen LogP contribution in [0.2, 0.25) is 0 Å². The molecule has 198 valence electrons. The molecule has 2 aromatic rings. The van der Waals surface area contributed by atoms with E-state index >= 15 is 0 Å². The van der Waals surface area contributed by atoms with Gasteiger partial charge in [0.25, 0.3) is 5.91 Å². The number of hydrogen-bond donors (Lipinski definition) is 5. The van der Waals surface area contributed by atoms with Gasteiger partial charge in [0.1, 0.15) is 22.8 Å². The summed E-state index contributed by atoms with van der Waals surface area (Å²) in [6, 6.07) is 4.58. The summed E-state index contributed by atoms with van der Waals surface area (Å²) in [5.41, 5.74) is 2.38. The smallest absolute Gasteiger partial charge is 0.255 e. The first-order valence-electron chi connectivity index (χ1n) is 11.8. The number of nitrogens with two attached hydrogens (primary N) is 1. The number of phenols is 1. The number of halogens is 2. The van der Waals surface area contributed by atoms with E-state index in [4.69, 9.17) is 5.73 Å². The van der Waals surface area contributed by atoms with Gasteiger partial charge >= 0.3 is 0 Å². The molecule has 3 atom stereocenters. The Morgan fingerprint density at radius 3 is 2.37 bits per heavy atom. The summed E-state index contributed by atoms with van der Waals surface area (Å²) >= 11 is 0. The Labute approximate surface area is 215 Å². The number of aromatic hydroxyl groups is 1. The highest BCUT2D eigenvalue weighted by atomic mass is 19.2. The van der Waals surface area contributed by atoms with Crippen molar-refractivity contribution in [3.63, 3.8) is 0 Å². The van der Waals surface area contributed by atoms with Crippen molar-refractivity contribution in [1.82, 2.24) is 0 Å². The molecule has 1 saturated carbocycles. The zero-order valence-electron chi connectivity index (χ0n) is 20.4. The Hall–Kier alpha value is -4.25. The molecular weight excluding hydrogens is 502 g/mol. The van der Waals surface area contributed by atoms with Gasteiger partial charge in [-0.25, -0.2) is 8.78 Å². The number of phenolic OH excluding ortho intramolecular Hbond substituents is 1. The molecule has 3 aliphatic carbocycles. The molecule has 0 unspecified atom stereocenters. The van der Waals surface area contributed by atoms with Gasteiger partial charge in [-0.1, -0.05) is 6.07 Å². The van der Waals surface area contributed by atoms with Crippen LogP contribution in [0, 0.1) is 23.5 Å². The van der Waals surface area contributed by atoms with Gasteiger partial charge in [0.2, 0.25) is 5.78 Å². The lowest BCUT2D eigenvalue weighted by molar-refractivity contribution is -0.147. The number of ketones is 2. The number of fused-ring (bicyclic) bond motifs is 3. The molecule has 0 aliphatic heterocycles. The lowest BCUT2D eigenvalue weighted by atomic mass is 9.59. The number of amides is 1. The van der Waals surface area contributed by atoms with E-state index in [-0.39, 0.29) is 35.1 Å². The first-order chi connectivity index (χ1) is 17.8. The van der Waals surface area contributed by atoms with Crippen molar-refractivity contribution in [2.45, 2.75) is 24.9 Å². The van der Waals surface area contributed by atoms with Crippen molar-refractivity contribution in [1.29, 1.82) is 0 Å². The van der Waals surface area contributed by atoms with Crippen molar-refractivity contribution in [2.24, 2.45) is 17.6 Å². The van der Waals surface area contributed by atoms with Crippen LogP contribution in [0.3, 0.4) is 0 Å². The van der Waals surface area contributed by atoms with Crippen LogP contribution >= 0.6 is 0 Å². The van der Waals surface area contributed by atoms with E-state index in [1.165, 1.54) is 6.07 Å². The van der Waals surface area contributed by atoms with Gasteiger partial charge in [0.15, 0.2) is 23.0 Å². The number of aliphatic hydroxyl groups excluding tert-OH is 2. The van der Waals surface area contributed by atoms with Crippen LogP contribution in [0.15, 0.2) is 41.2 Å². The van der Waals surface area contributed by atoms with Gasteiger partial charge in [-0.15, -0.1) is 0 Å². The Kier molecular flexibility index (Phi) is 5.60. The fraction of sp³-hybridized carbons (Fsp3) is 0.296. The molecule has 1 amide bonds. The van der Waals surface area contributed by atoms with Gasteiger partial charge in [0, 0.05) is 43.3 Å². The van der Waals surface area contributed by atoms with Crippen LogP contribution in [-0.2, 0) is 20.8 Å². The second-order valence-electron chi connectivity index (χ2n) is 10.1. The van der Waals surface area contributed by atoms with Crippen LogP contribution in [0.4, 0.5) is 14.5 Å². The first-order valence-corrected chi connectivity index (χ1v) is 11.8. The molecule has 11 heteroatoms. The Morgan fingerprint density at radius 1 is 1.08 bits per heavy atom. The minimum absolute atomic E-state index is 0.00146. The second-order valence-corrected chi connectivity index (χ2v) is 10.1. The summed E-state index contributed by atoms with van der Waals surface area (Å²) in [4.78, 5) is 39.6. The zero-order valence-corrected chi connectivity index (χ0v) is 20.4. The number of primary amides is 1. The van der Waals surface area contributed by atoms with Crippen molar-refractivity contribution >= 4 is 28.9 Å². The predicted molar refractivity (Wildman–Crippen MR) is 131 cm³/mol. The summed E-state index contributed by atoms with van der Waals surface area (Å²) < 4.78 is 27.6. The minimum Gasteiger partial charge on any atom is -0.508 e. The Morgan fingerprint density at radius 2 is 1.76 bits per heavy atom. The first kappa shape index (κ1) is 25.4. The largest absolute Gasteiger partial charge is 0.508 e. The number of benzene rings is 2. The van der Waals surface area contributed by atoms with Crippen LogP contribution < -0.4 is 10.6 Å². The van der Waals surface area contributed by atoms with Gasteiger partial charge in [-0.2, -0.15) is 0 Å². The highest BCUT2D eigenvalue weighted by Gasteiger charge is 2.60. The lowest BCUT2D eigenvalue weighted by Gasteiger charge is -2.46. The molecule has 3 aliphatic rings. The topological polar surface area (TPSA) is 161 Å². The lowest BCUT2D eigenvalue weighted by Crippen LogP contribution is -2.58. The Bertz CT molecular complexity index is 1530. The zero-order chi connectivity index (χ0) is 27.8. The van der Waals surface area contributed by atoms with Crippen LogP contribution in [0.1, 0.15) is 24.0 Å². The number of hydrogen-bond acceptors (Lipinski definition) is 8. The fourth-order valence-corrected chi connectivity index (χ4v) is 5.95. The third kappa shape index (κ3) is 3.34. The highest BCUT2D eigenvalue weighted by Crippen LogP contribution is 2.54. The van der Waals surface area contributed by atoms with E-state index in [0.717, 1.165) is 12.1 Å². The molecule has 1 fully saturated rings. The number of Topliss-reactive ketones (excluding diaryl/α,β-unsaturated/α-hetero) is 2. The average molecular weight is 526 g/mol. The number of anilines is 1. The molecular formula is C27H24F2N2O7. The maximum atomic E-state index is 14.0. The summed E-state index contributed by atoms with van der Waals surface area (Å²) in [6.45, 7) is 0. The van der Waals surface area contributed by atoms with Crippen LogP contribution in [0.5, 0.6) is 5.75 Å². The van der Waals surface area contributed by atoms with Crippen molar-refractivity contribution in [3.8, 4) is 16.9 Å². The highest BCUT2D eigenvalue weighted by molar-refractivity contribution is 6.22. The monoisotopic (exact) mass is 526 g/mol. The van der Waals surface area contributed by atoms with E-state index in [9.17, 15) is 43.6 Å². The normalized spacial score (nSPS) is 24.7. The van der Waals surface area contributed by atoms with Crippen molar-refractivity contribution < 1.29 is 43.6 Å². The number of carbonyl (C=O) groups excluding carboxylic acids is 3. The molecule has 2 aromatic carbocycles. The van der Waals surface area contributed by atoms with E-state index < -0.39 is 75.8 Å². The van der Waals surface area contributed by atoms with Crippen LogP contribution in [0.25, 0.3) is 16.9 Å². The fourth-order valence-electron chi connectivity index (χ4n) is 5.95. The summed E-state index contributed by atoms with van der Waals surface area (Å²) in [6.07, 6.45) is -0.294. The van der Waals surface area contributed by atoms with Gasteiger partial charge in [0.05, 0.1) is 5.56 Å². The molecule has 0 saturated heterocycles. The van der Waals surface area contributed by atoms with E-state index in [1.54, 1.807) is 25.1 Å². The summed E-state index contributed by atoms with van der Waals surface area (Å²) in [5.74, 6) is -9.54. The second kappa shape index (κ2) is 8.38. The summed E-state index contributed by atoms with van der Waals surface area (Å²) in [7, 11) is 3.41. The standard InChI is InChI=1S/C27H24F2N2O7/c1-31(2)17-9-13(10-3-4-15(28)16(29)7-10)22(33)20-14(17)6-11-5-12-8-18(32)21(26(30)37)25(36)27(12,38)24(35)19(11)23(20)34/h3-4,7,9,11-12,33-34,36,38H,5-6,8H2,1-2H3,(H2,30,37)/t11-,12+,27+/m1/s1. The van der Waals surface area contributed by atoms with E-state index in [1.807, 2.05) is 0 Å². The average Bonchev–Trinajstić information content (AvgIpc) is 2.83. The van der Waals surface area contributed by atoms with E-state index in [2.05, 4.69) is 0 Å². The van der Waals surface area contributed by atoms with Gasteiger partial charge in [-0.05, 0) is 48.1 Å². The molecule has 38 heavy (non-hydrogen) atoms. The van der Waals surface area contributed by atoms with Crippen molar-refractivity contribution in [3.05, 3.63) is 63.9 Å². The molecule has 6 N–H and O–H groups in total. The number of aliphatic hydroxyl groups is 3. The molecule has 0 heterocycles. The summed E-state index contributed by atoms with van der Waals surface area (Å²) in [5, 5.41) is 44.7. The number of nitrogens with zero attached hydrogens (tertiary/aromatic N) is 1. The molecule has 0 aromatic heterocycles. The SMILES string of the molecule is CN(C)c1cc(-c2ccc(F)c(F)c2)c(O)c2c1C[C@H]1C[C@H]3CC(=O)C(C(N)=O)=C(O)[C@@]3(O)C(=O)C1=C2O. The number of rotatable bonds is 3. The maximum Gasteiger partial charge on any atom is 0.255 e. The maximum absolute atomic E-state index is 14.0. The quantitative estimate of drug-likeness (QED) is 0.381.